The van der Waals surface area contributed by atoms with Crippen molar-refractivity contribution >= 4 is 5.69 Å². The highest BCUT2D eigenvalue weighted by atomic mass is 16.5. The smallest absolute Gasteiger partial charge is 0.254 e. The zero-order valence-electron chi connectivity index (χ0n) is 19.5. The highest BCUT2D eigenvalue weighted by molar-refractivity contribution is 5.78. The van der Waals surface area contributed by atoms with Crippen LogP contribution in [-0.4, -0.2) is 35.6 Å². The molecule has 34 heavy (non-hydrogen) atoms. The average Bonchev–Trinajstić information content (AvgIpc) is 3.81. The van der Waals surface area contributed by atoms with Gasteiger partial charge < -0.3 is 18.6 Å². The quantitative estimate of drug-likeness (QED) is 0.305. The predicted octanol–water partition coefficient (Wildman–Crippen LogP) is 6.01. The van der Waals surface area contributed by atoms with E-state index in [1.165, 1.54) is 25.7 Å². The van der Waals surface area contributed by atoms with Crippen LogP contribution in [0.3, 0.4) is 0 Å². The standard InChI is InChI=1S/C27H28N4O3/c1-31(19-11-12-19)20-13-14-21(23(16-20)32-2)26-28-29-27(33-26)24-22(15-10-17-8-9-17)34-30-25(24)18-6-4-3-5-7-18/h3-7,13-14,16-17,19H,8-12,15H2,1-2H3. The van der Waals surface area contributed by atoms with Crippen molar-refractivity contribution < 1.29 is 13.7 Å². The van der Waals surface area contributed by atoms with E-state index in [-0.39, 0.29) is 0 Å². The monoisotopic (exact) mass is 456 g/mol. The maximum Gasteiger partial charge on any atom is 0.254 e. The van der Waals surface area contributed by atoms with Gasteiger partial charge in [0.2, 0.25) is 0 Å². The first-order chi connectivity index (χ1) is 16.7. The summed E-state index contributed by atoms with van der Waals surface area (Å²) >= 11 is 0. The van der Waals surface area contributed by atoms with Gasteiger partial charge >= 0.3 is 0 Å². The molecule has 2 aromatic heterocycles. The van der Waals surface area contributed by atoms with Gasteiger partial charge in [0.15, 0.2) is 0 Å². The summed E-state index contributed by atoms with van der Waals surface area (Å²) < 4.78 is 17.7. The summed E-state index contributed by atoms with van der Waals surface area (Å²) in [6, 6.07) is 16.7. The van der Waals surface area contributed by atoms with Crippen molar-refractivity contribution in [3.8, 4) is 39.9 Å². The SMILES string of the molecule is COc1cc(N(C)C2CC2)ccc1-c1nnc(-c2c(-c3ccccc3)noc2CCC2CC2)o1. The van der Waals surface area contributed by atoms with Gasteiger partial charge in [-0.3, -0.25) is 0 Å². The van der Waals surface area contributed by atoms with Gasteiger partial charge in [-0.2, -0.15) is 0 Å². The second kappa shape index (κ2) is 8.63. The molecule has 2 aliphatic carbocycles. The lowest BCUT2D eigenvalue weighted by molar-refractivity contribution is 0.380. The molecule has 0 atom stereocenters. The van der Waals surface area contributed by atoms with Gasteiger partial charge in [-0.05, 0) is 37.3 Å². The first-order valence-corrected chi connectivity index (χ1v) is 12.0. The van der Waals surface area contributed by atoms with E-state index in [0.717, 1.165) is 52.6 Å². The molecule has 7 heteroatoms. The zero-order chi connectivity index (χ0) is 23.1. The van der Waals surface area contributed by atoms with E-state index in [4.69, 9.17) is 13.7 Å². The molecule has 6 rings (SSSR count). The third-order valence-corrected chi connectivity index (χ3v) is 6.84. The van der Waals surface area contributed by atoms with Crippen molar-refractivity contribution in [3.63, 3.8) is 0 Å². The van der Waals surface area contributed by atoms with E-state index in [1.54, 1.807) is 7.11 Å². The minimum Gasteiger partial charge on any atom is -0.496 e. The third-order valence-electron chi connectivity index (χ3n) is 6.84. The molecule has 0 aliphatic heterocycles. The van der Waals surface area contributed by atoms with Crippen molar-refractivity contribution in [1.29, 1.82) is 0 Å². The largest absolute Gasteiger partial charge is 0.496 e. The van der Waals surface area contributed by atoms with Gasteiger partial charge in [-0.15, -0.1) is 10.2 Å². The molecule has 4 aromatic rings. The van der Waals surface area contributed by atoms with Gasteiger partial charge in [0.25, 0.3) is 11.8 Å². The Labute approximate surface area is 198 Å². The highest BCUT2D eigenvalue weighted by Gasteiger charge is 2.29. The summed E-state index contributed by atoms with van der Waals surface area (Å²) in [4.78, 5) is 2.29. The molecular formula is C27H28N4O3. The van der Waals surface area contributed by atoms with Crippen LogP contribution in [0, 0.1) is 5.92 Å². The van der Waals surface area contributed by atoms with Crippen LogP contribution in [0.4, 0.5) is 5.69 Å². The van der Waals surface area contributed by atoms with E-state index in [9.17, 15) is 0 Å². The number of ether oxygens (including phenoxy) is 1. The van der Waals surface area contributed by atoms with E-state index >= 15 is 0 Å². The van der Waals surface area contributed by atoms with Crippen molar-refractivity contribution in [2.45, 2.75) is 44.6 Å². The Morgan fingerprint density at radius 2 is 1.79 bits per heavy atom. The molecule has 0 N–H and O–H groups in total. The normalized spacial score (nSPS) is 15.5. The van der Waals surface area contributed by atoms with Crippen LogP contribution in [0.1, 0.15) is 37.9 Å². The maximum absolute atomic E-state index is 6.23. The molecule has 0 spiro atoms. The molecule has 0 unspecified atom stereocenters. The van der Waals surface area contributed by atoms with Gasteiger partial charge in [-0.25, -0.2) is 0 Å². The number of nitrogens with zero attached hydrogens (tertiary/aromatic N) is 4. The molecule has 2 saturated carbocycles. The number of hydrogen-bond donors (Lipinski definition) is 0. The van der Waals surface area contributed by atoms with Crippen LogP contribution in [0.25, 0.3) is 34.2 Å². The lowest BCUT2D eigenvalue weighted by Gasteiger charge is -2.19. The van der Waals surface area contributed by atoms with E-state index in [2.05, 4.69) is 33.4 Å². The lowest BCUT2D eigenvalue weighted by Crippen LogP contribution is -2.19. The second-order valence-corrected chi connectivity index (χ2v) is 9.32. The maximum atomic E-state index is 6.23. The molecular weight excluding hydrogens is 428 g/mol. The van der Waals surface area contributed by atoms with Gasteiger partial charge in [-0.1, -0.05) is 48.3 Å². The van der Waals surface area contributed by atoms with Gasteiger partial charge in [0, 0.05) is 36.8 Å². The van der Waals surface area contributed by atoms with E-state index in [1.807, 2.05) is 42.5 Å². The Hall–Kier alpha value is -3.61. The van der Waals surface area contributed by atoms with Crippen molar-refractivity contribution in [2.75, 3.05) is 19.1 Å². The van der Waals surface area contributed by atoms with E-state index in [0.29, 0.717) is 23.6 Å². The molecule has 0 radical (unpaired) electrons. The lowest BCUT2D eigenvalue weighted by atomic mass is 10.0. The number of benzene rings is 2. The summed E-state index contributed by atoms with van der Waals surface area (Å²) in [6.45, 7) is 0. The number of anilines is 1. The molecule has 2 heterocycles. The number of rotatable bonds is 9. The molecule has 2 aromatic carbocycles. The van der Waals surface area contributed by atoms with Crippen molar-refractivity contribution in [3.05, 3.63) is 54.3 Å². The summed E-state index contributed by atoms with van der Waals surface area (Å²) in [5.41, 5.74) is 4.37. The van der Waals surface area contributed by atoms with Gasteiger partial charge in [0.1, 0.15) is 22.8 Å². The summed E-state index contributed by atoms with van der Waals surface area (Å²) in [7, 11) is 3.79. The molecule has 174 valence electrons. The minimum atomic E-state index is 0.417. The third kappa shape index (κ3) is 4.06. The van der Waals surface area contributed by atoms with Crippen LogP contribution in [0.15, 0.2) is 57.5 Å². The zero-order valence-corrected chi connectivity index (χ0v) is 19.5. The summed E-state index contributed by atoms with van der Waals surface area (Å²) in [5.74, 6) is 3.13. The Kier molecular flexibility index (Phi) is 5.32. The van der Waals surface area contributed by atoms with Crippen LogP contribution < -0.4 is 9.64 Å². The summed E-state index contributed by atoms with van der Waals surface area (Å²) in [6.07, 6.45) is 6.96. The fourth-order valence-electron chi connectivity index (χ4n) is 4.43. The second-order valence-electron chi connectivity index (χ2n) is 9.32. The van der Waals surface area contributed by atoms with Crippen LogP contribution in [0.5, 0.6) is 5.75 Å². The molecule has 7 nitrogen and oxygen atoms in total. The first kappa shape index (κ1) is 21.0. The number of aromatic nitrogens is 3. The van der Waals surface area contributed by atoms with Crippen LogP contribution >= 0.6 is 0 Å². The molecule has 2 aliphatic rings. The average molecular weight is 457 g/mol. The van der Waals surface area contributed by atoms with Crippen molar-refractivity contribution in [2.24, 2.45) is 5.92 Å². The molecule has 0 amide bonds. The molecule has 2 fully saturated rings. The number of aryl methyl sites for hydroxylation is 1. The Bertz CT molecular complexity index is 1290. The molecule has 0 bridgehead atoms. The predicted molar refractivity (Wildman–Crippen MR) is 130 cm³/mol. The Morgan fingerprint density at radius 1 is 1.00 bits per heavy atom. The fourth-order valence-corrected chi connectivity index (χ4v) is 4.43. The topological polar surface area (TPSA) is 77.4 Å². The fraction of sp³-hybridized carbons (Fsp3) is 0.370. The van der Waals surface area contributed by atoms with Crippen LogP contribution in [0.2, 0.25) is 0 Å². The Morgan fingerprint density at radius 3 is 2.53 bits per heavy atom. The minimum absolute atomic E-state index is 0.417. The van der Waals surface area contributed by atoms with Gasteiger partial charge in [0.05, 0.1) is 12.7 Å². The number of hydrogen-bond acceptors (Lipinski definition) is 7. The Balaban J connectivity index is 1.36. The summed E-state index contributed by atoms with van der Waals surface area (Å²) in [5, 5.41) is 13.2. The molecule has 0 saturated heterocycles. The first-order valence-electron chi connectivity index (χ1n) is 12.0. The number of methoxy groups -OCH3 is 1. The van der Waals surface area contributed by atoms with Crippen LogP contribution in [-0.2, 0) is 6.42 Å². The van der Waals surface area contributed by atoms with Crippen molar-refractivity contribution in [1.82, 2.24) is 15.4 Å². The highest BCUT2D eigenvalue weighted by Crippen LogP contribution is 2.41. The van der Waals surface area contributed by atoms with E-state index < -0.39 is 0 Å².